The summed E-state index contributed by atoms with van der Waals surface area (Å²) in [5.74, 6) is 1.26. The van der Waals surface area contributed by atoms with Crippen LogP contribution < -0.4 is 0 Å². The van der Waals surface area contributed by atoms with Gasteiger partial charge in [-0.15, -0.1) is 11.8 Å². The summed E-state index contributed by atoms with van der Waals surface area (Å²) in [7, 11) is 0. The van der Waals surface area contributed by atoms with Gasteiger partial charge in [0.15, 0.2) is 5.82 Å². The molecule has 78 valence electrons. The van der Waals surface area contributed by atoms with E-state index < -0.39 is 0 Å². The second-order valence-corrected chi connectivity index (χ2v) is 4.99. The van der Waals surface area contributed by atoms with Crippen LogP contribution in [0.15, 0.2) is 38.2 Å². The summed E-state index contributed by atoms with van der Waals surface area (Å²) in [5, 5.41) is 3.78. The molecule has 0 spiro atoms. The summed E-state index contributed by atoms with van der Waals surface area (Å²) in [6.07, 6.45) is 0. The highest BCUT2D eigenvalue weighted by Crippen LogP contribution is 2.23. The number of hydrogen-bond acceptors (Lipinski definition) is 4. The molecule has 0 N–H and O–H groups in total. The highest BCUT2D eigenvalue weighted by molar-refractivity contribution is 9.10. The van der Waals surface area contributed by atoms with Gasteiger partial charge in [0.05, 0.1) is 5.75 Å². The van der Waals surface area contributed by atoms with E-state index in [9.17, 15) is 0 Å². The summed E-state index contributed by atoms with van der Waals surface area (Å²) in [6.45, 7) is 0. The monoisotopic (exact) mass is 304 g/mol. The molecule has 15 heavy (non-hydrogen) atoms. The lowest BCUT2D eigenvalue weighted by molar-refractivity contribution is 0.414. The lowest BCUT2D eigenvalue weighted by Gasteiger charge is -1.97. The largest absolute Gasteiger partial charge is 0.321 e. The molecule has 2 aromatic rings. The lowest BCUT2D eigenvalue weighted by atomic mass is 10.4. The first-order chi connectivity index (χ1) is 7.24. The van der Waals surface area contributed by atoms with Gasteiger partial charge in [-0.05, 0) is 35.9 Å². The molecule has 1 aromatic carbocycles. The van der Waals surface area contributed by atoms with Crippen molar-refractivity contribution in [2.75, 3.05) is 0 Å². The minimum Gasteiger partial charge on any atom is -0.321 e. The van der Waals surface area contributed by atoms with Crippen molar-refractivity contribution >= 4 is 39.3 Å². The topological polar surface area (TPSA) is 38.9 Å². The van der Waals surface area contributed by atoms with E-state index in [1.807, 2.05) is 24.3 Å². The van der Waals surface area contributed by atoms with Gasteiger partial charge in [0, 0.05) is 9.37 Å². The van der Waals surface area contributed by atoms with Crippen molar-refractivity contribution < 1.29 is 4.52 Å². The summed E-state index contributed by atoms with van der Waals surface area (Å²) in [4.78, 5) is 5.05. The highest BCUT2D eigenvalue weighted by atomic mass is 79.9. The maximum atomic E-state index is 5.51. The lowest BCUT2D eigenvalue weighted by Crippen LogP contribution is -1.82. The van der Waals surface area contributed by atoms with Crippen LogP contribution in [0.25, 0.3) is 0 Å². The van der Waals surface area contributed by atoms with E-state index in [1.165, 1.54) is 0 Å². The van der Waals surface area contributed by atoms with Crippen LogP contribution in [-0.4, -0.2) is 10.1 Å². The Morgan fingerprint density at radius 1 is 1.33 bits per heavy atom. The molecule has 0 aliphatic rings. The minimum atomic E-state index is 0.0846. The van der Waals surface area contributed by atoms with Crippen LogP contribution >= 0.6 is 39.3 Å². The summed E-state index contributed by atoms with van der Waals surface area (Å²) in [5.41, 5.74) is 0. The maximum Gasteiger partial charge on any atom is 0.320 e. The van der Waals surface area contributed by atoms with Crippen LogP contribution in [0.4, 0.5) is 0 Å². The van der Waals surface area contributed by atoms with E-state index in [2.05, 4.69) is 30.6 Å². The fraction of sp³-hybridized carbons (Fsp3) is 0.111. The van der Waals surface area contributed by atoms with E-state index in [4.69, 9.17) is 11.6 Å². The number of nitrogens with zero attached hydrogens (tertiary/aromatic N) is 2. The zero-order chi connectivity index (χ0) is 10.7. The zero-order valence-electron chi connectivity index (χ0n) is 7.48. The van der Waals surface area contributed by atoms with Gasteiger partial charge in [0.2, 0.25) is 0 Å². The molecule has 0 unspecified atom stereocenters. The zero-order valence-corrected chi connectivity index (χ0v) is 10.6. The maximum absolute atomic E-state index is 5.51. The van der Waals surface area contributed by atoms with Gasteiger partial charge < -0.3 is 4.52 Å². The Morgan fingerprint density at radius 3 is 2.67 bits per heavy atom. The molecular formula is C9H6BrClN2OS. The number of rotatable bonds is 3. The van der Waals surface area contributed by atoms with Crippen LogP contribution in [0.5, 0.6) is 0 Å². The summed E-state index contributed by atoms with van der Waals surface area (Å²) >= 11 is 10.5. The van der Waals surface area contributed by atoms with Gasteiger partial charge in [0.1, 0.15) is 0 Å². The van der Waals surface area contributed by atoms with E-state index in [-0.39, 0.29) is 5.35 Å². The predicted octanol–water partition coefficient (Wildman–Crippen LogP) is 3.78. The van der Waals surface area contributed by atoms with Crippen molar-refractivity contribution in [3.05, 3.63) is 39.9 Å². The van der Waals surface area contributed by atoms with E-state index in [0.29, 0.717) is 11.6 Å². The normalized spacial score (nSPS) is 10.5. The molecule has 0 bridgehead atoms. The number of hydrogen-bond donors (Lipinski definition) is 0. The Bertz CT molecular complexity index is 446. The van der Waals surface area contributed by atoms with Gasteiger partial charge in [-0.3, -0.25) is 0 Å². The average molecular weight is 306 g/mol. The molecule has 6 heteroatoms. The SMILES string of the molecule is Clc1nc(CSc2ccc(Br)cc2)no1. The molecule has 0 fully saturated rings. The molecule has 0 saturated carbocycles. The van der Waals surface area contributed by atoms with Crippen molar-refractivity contribution in [1.82, 2.24) is 10.1 Å². The third-order valence-electron chi connectivity index (χ3n) is 1.62. The molecule has 0 amide bonds. The van der Waals surface area contributed by atoms with E-state index in [1.54, 1.807) is 11.8 Å². The fourth-order valence-corrected chi connectivity index (χ4v) is 2.11. The molecular weight excluding hydrogens is 300 g/mol. The summed E-state index contributed by atoms with van der Waals surface area (Å²) in [6, 6.07) is 8.03. The standard InChI is InChI=1S/C9H6BrClN2OS/c10-6-1-3-7(4-2-6)15-5-8-12-9(11)14-13-8/h1-4H,5H2. The third-order valence-corrected chi connectivity index (χ3v) is 3.32. The molecule has 0 radical (unpaired) electrons. The second-order valence-electron chi connectivity index (χ2n) is 2.71. The van der Waals surface area contributed by atoms with Crippen LogP contribution in [0.2, 0.25) is 5.35 Å². The number of aromatic nitrogens is 2. The van der Waals surface area contributed by atoms with Gasteiger partial charge in [-0.25, -0.2) is 0 Å². The Hall–Kier alpha value is -0.520. The van der Waals surface area contributed by atoms with Gasteiger partial charge in [-0.2, -0.15) is 4.98 Å². The van der Waals surface area contributed by atoms with Gasteiger partial charge in [-0.1, -0.05) is 21.1 Å². The Labute approximate surface area is 104 Å². The Balaban J connectivity index is 1.96. The van der Waals surface area contributed by atoms with Crippen molar-refractivity contribution in [3.8, 4) is 0 Å². The molecule has 0 aliphatic carbocycles. The molecule has 0 aliphatic heterocycles. The van der Waals surface area contributed by atoms with Crippen molar-refractivity contribution in [2.24, 2.45) is 0 Å². The third kappa shape index (κ3) is 3.22. The number of halogens is 2. The molecule has 0 saturated heterocycles. The highest BCUT2D eigenvalue weighted by Gasteiger charge is 2.03. The number of benzene rings is 1. The van der Waals surface area contributed by atoms with Gasteiger partial charge in [0.25, 0.3) is 0 Å². The van der Waals surface area contributed by atoms with Crippen molar-refractivity contribution in [3.63, 3.8) is 0 Å². The Kier molecular flexibility index (Phi) is 3.66. The first-order valence-electron chi connectivity index (χ1n) is 4.10. The molecule has 0 atom stereocenters. The quantitative estimate of drug-likeness (QED) is 0.809. The van der Waals surface area contributed by atoms with Crippen molar-refractivity contribution in [2.45, 2.75) is 10.6 Å². The molecule has 1 heterocycles. The smallest absolute Gasteiger partial charge is 0.320 e. The van der Waals surface area contributed by atoms with E-state index >= 15 is 0 Å². The van der Waals surface area contributed by atoms with Crippen LogP contribution in [0.3, 0.4) is 0 Å². The Morgan fingerprint density at radius 2 is 2.07 bits per heavy atom. The molecule has 3 nitrogen and oxygen atoms in total. The predicted molar refractivity (Wildman–Crippen MR) is 63.0 cm³/mol. The molecule has 2 rings (SSSR count). The second kappa shape index (κ2) is 5.01. The van der Waals surface area contributed by atoms with Crippen molar-refractivity contribution in [1.29, 1.82) is 0 Å². The van der Waals surface area contributed by atoms with Crippen LogP contribution in [0, 0.1) is 0 Å². The first-order valence-corrected chi connectivity index (χ1v) is 6.26. The van der Waals surface area contributed by atoms with Crippen LogP contribution in [-0.2, 0) is 5.75 Å². The minimum absolute atomic E-state index is 0.0846. The van der Waals surface area contributed by atoms with Gasteiger partial charge >= 0.3 is 5.35 Å². The first kappa shape index (κ1) is 11.0. The fourth-order valence-electron chi connectivity index (χ4n) is 0.970. The molecule has 1 aromatic heterocycles. The van der Waals surface area contributed by atoms with Crippen LogP contribution in [0.1, 0.15) is 5.82 Å². The average Bonchev–Trinajstić information content (AvgIpc) is 2.64. The van der Waals surface area contributed by atoms with E-state index in [0.717, 1.165) is 9.37 Å². The summed E-state index contributed by atoms with van der Waals surface area (Å²) < 4.78 is 5.72. The number of thioether (sulfide) groups is 1.